The predicted octanol–water partition coefficient (Wildman–Crippen LogP) is 2.65. The fraction of sp³-hybridized carbons (Fsp3) is 0.333. The number of para-hydroxylation sites is 1. The van der Waals surface area contributed by atoms with Gasteiger partial charge in [-0.25, -0.2) is 0 Å². The Labute approximate surface area is 120 Å². The minimum absolute atomic E-state index is 0. The van der Waals surface area contributed by atoms with E-state index in [1.165, 1.54) is 16.8 Å². The van der Waals surface area contributed by atoms with Crippen LogP contribution in [-0.4, -0.2) is 37.0 Å². The van der Waals surface area contributed by atoms with Gasteiger partial charge in [0.2, 0.25) is 0 Å². The second kappa shape index (κ2) is 5.68. The molecule has 19 heavy (non-hydrogen) atoms. The zero-order chi connectivity index (χ0) is 12.5. The molecule has 3 rings (SSSR count). The summed E-state index contributed by atoms with van der Waals surface area (Å²) in [5.41, 5.74) is 3.83. The number of hydrogen-bond acceptors (Lipinski definition) is 3. The highest BCUT2D eigenvalue weighted by Gasteiger charge is 2.24. The van der Waals surface area contributed by atoms with E-state index in [2.05, 4.69) is 42.1 Å². The second-order valence-corrected chi connectivity index (χ2v) is 5.08. The summed E-state index contributed by atoms with van der Waals surface area (Å²) in [7, 11) is 4.19. The van der Waals surface area contributed by atoms with Gasteiger partial charge in [0.15, 0.2) is 0 Å². The average Bonchev–Trinajstić information content (AvgIpc) is 2.60. The molecule has 102 valence electrons. The summed E-state index contributed by atoms with van der Waals surface area (Å²) in [6.45, 7) is 2.87. The second-order valence-electron chi connectivity index (χ2n) is 5.08. The molecule has 0 aliphatic carbocycles. The van der Waals surface area contributed by atoms with E-state index in [9.17, 15) is 0 Å². The number of ether oxygens (including phenoxy) is 1. The molecule has 2 heterocycles. The lowest BCUT2D eigenvalue weighted by Crippen LogP contribution is -2.21. The van der Waals surface area contributed by atoms with Gasteiger partial charge in [-0.3, -0.25) is 0 Å². The van der Waals surface area contributed by atoms with Crippen molar-refractivity contribution in [2.45, 2.75) is 6.54 Å². The number of nitrogens with zero attached hydrogens (tertiary/aromatic N) is 2. The molecule has 0 aromatic heterocycles. The third-order valence-electron chi connectivity index (χ3n) is 3.35. The summed E-state index contributed by atoms with van der Waals surface area (Å²) < 4.78 is 5.81. The smallest absolute Gasteiger partial charge is 0.131 e. The van der Waals surface area contributed by atoms with Crippen LogP contribution in [0.25, 0.3) is 0 Å². The molecule has 2 aliphatic heterocycles. The first kappa shape index (κ1) is 14.0. The van der Waals surface area contributed by atoms with E-state index >= 15 is 0 Å². The molecule has 1 aromatic carbocycles. The zero-order valence-electron chi connectivity index (χ0n) is 11.3. The molecule has 0 spiro atoms. The van der Waals surface area contributed by atoms with Crippen molar-refractivity contribution in [3.63, 3.8) is 0 Å². The summed E-state index contributed by atoms with van der Waals surface area (Å²) >= 11 is 0. The first-order valence-corrected chi connectivity index (χ1v) is 6.28. The van der Waals surface area contributed by atoms with Crippen molar-refractivity contribution >= 4 is 12.4 Å². The molecule has 0 atom stereocenters. The summed E-state index contributed by atoms with van der Waals surface area (Å²) in [6, 6.07) is 8.25. The number of rotatable bonds is 2. The van der Waals surface area contributed by atoms with E-state index < -0.39 is 0 Å². The zero-order valence-corrected chi connectivity index (χ0v) is 12.1. The molecule has 0 saturated heterocycles. The van der Waals surface area contributed by atoms with Crippen molar-refractivity contribution in [3.05, 3.63) is 53.4 Å². The van der Waals surface area contributed by atoms with Gasteiger partial charge in [0, 0.05) is 25.2 Å². The SMILES string of the molecule is CN(C)CC1=CCN2Cc3ccccc3OC=C12.Cl. The van der Waals surface area contributed by atoms with Crippen molar-refractivity contribution in [2.75, 3.05) is 27.2 Å². The Morgan fingerprint density at radius 3 is 2.84 bits per heavy atom. The highest BCUT2D eigenvalue weighted by molar-refractivity contribution is 5.85. The summed E-state index contributed by atoms with van der Waals surface area (Å²) in [6.07, 6.45) is 4.19. The van der Waals surface area contributed by atoms with Gasteiger partial charge in [-0.2, -0.15) is 0 Å². The molecule has 3 nitrogen and oxygen atoms in total. The first-order valence-electron chi connectivity index (χ1n) is 6.28. The van der Waals surface area contributed by atoms with Gasteiger partial charge >= 0.3 is 0 Å². The third-order valence-corrected chi connectivity index (χ3v) is 3.35. The fourth-order valence-corrected chi connectivity index (χ4v) is 2.49. The minimum Gasteiger partial charge on any atom is -0.462 e. The molecule has 0 radical (unpaired) electrons. The maximum absolute atomic E-state index is 5.81. The lowest BCUT2D eigenvalue weighted by Gasteiger charge is -2.20. The number of fused-ring (bicyclic) bond motifs is 2. The van der Waals surface area contributed by atoms with Gasteiger partial charge in [0.1, 0.15) is 12.0 Å². The van der Waals surface area contributed by atoms with Crippen molar-refractivity contribution in [2.24, 2.45) is 0 Å². The van der Waals surface area contributed by atoms with Gasteiger partial charge < -0.3 is 14.5 Å². The highest BCUT2D eigenvalue weighted by atomic mass is 35.5. The highest BCUT2D eigenvalue weighted by Crippen LogP contribution is 2.31. The molecule has 0 saturated carbocycles. The molecule has 4 heteroatoms. The van der Waals surface area contributed by atoms with Crippen LogP contribution in [0.4, 0.5) is 0 Å². The largest absolute Gasteiger partial charge is 0.462 e. The van der Waals surface area contributed by atoms with Crippen LogP contribution in [0.2, 0.25) is 0 Å². The van der Waals surface area contributed by atoms with Gasteiger partial charge in [0.25, 0.3) is 0 Å². The van der Waals surface area contributed by atoms with Crippen molar-refractivity contribution in [3.8, 4) is 5.75 Å². The van der Waals surface area contributed by atoms with Gasteiger partial charge in [0.05, 0.1) is 5.70 Å². The summed E-state index contributed by atoms with van der Waals surface area (Å²) in [4.78, 5) is 4.55. The number of likely N-dealkylation sites (N-methyl/N-ethyl adjacent to an activating group) is 1. The molecule has 2 aliphatic rings. The summed E-state index contributed by atoms with van der Waals surface area (Å²) in [5, 5.41) is 0. The first-order chi connectivity index (χ1) is 8.74. The van der Waals surface area contributed by atoms with Crippen LogP contribution in [0.5, 0.6) is 5.75 Å². The predicted molar refractivity (Wildman–Crippen MR) is 79.4 cm³/mol. The molecule has 0 fully saturated rings. The molecule has 0 N–H and O–H groups in total. The van der Waals surface area contributed by atoms with Crippen molar-refractivity contribution < 1.29 is 4.74 Å². The fourth-order valence-electron chi connectivity index (χ4n) is 2.49. The van der Waals surface area contributed by atoms with Crippen LogP contribution >= 0.6 is 12.4 Å². The van der Waals surface area contributed by atoms with Crippen LogP contribution in [0.1, 0.15) is 5.56 Å². The number of halogens is 1. The van der Waals surface area contributed by atoms with Crippen LogP contribution in [0.3, 0.4) is 0 Å². The van der Waals surface area contributed by atoms with E-state index in [1.807, 2.05) is 18.4 Å². The minimum atomic E-state index is 0. The number of hydrogen-bond donors (Lipinski definition) is 0. The quantitative estimate of drug-likeness (QED) is 0.827. The van der Waals surface area contributed by atoms with Crippen LogP contribution < -0.4 is 4.74 Å². The Kier molecular flexibility index (Phi) is 4.17. The molecule has 1 aromatic rings. The lowest BCUT2D eigenvalue weighted by molar-refractivity contribution is 0.385. The lowest BCUT2D eigenvalue weighted by atomic mass is 10.2. The Morgan fingerprint density at radius 2 is 2.05 bits per heavy atom. The van der Waals surface area contributed by atoms with Gasteiger partial charge in [-0.15, -0.1) is 12.4 Å². The van der Waals surface area contributed by atoms with E-state index in [1.54, 1.807) is 0 Å². The van der Waals surface area contributed by atoms with E-state index in [0.717, 1.165) is 25.4 Å². The Balaban J connectivity index is 0.00000133. The molecular formula is C15H19ClN2O. The number of benzene rings is 1. The monoisotopic (exact) mass is 278 g/mol. The van der Waals surface area contributed by atoms with E-state index in [-0.39, 0.29) is 12.4 Å². The standard InChI is InChI=1S/C15H18N2O.ClH/c1-16(2)9-12-7-8-17-10-13-5-3-4-6-15(13)18-11-14(12)17;/h3-7,11H,8-10H2,1-2H3;1H. The molecular weight excluding hydrogens is 260 g/mol. The molecule has 0 amide bonds. The normalized spacial score (nSPS) is 16.7. The maximum atomic E-state index is 5.81. The topological polar surface area (TPSA) is 15.7 Å². The Morgan fingerprint density at radius 1 is 1.26 bits per heavy atom. The van der Waals surface area contributed by atoms with Gasteiger partial charge in [-0.05, 0) is 25.7 Å². The van der Waals surface area contributed by atoms with Crippen LogP contribution in [0, 0.1) is 0 Å². The summed E-state index contributed by atoms with van der Waals surface area (Å²) in [5.74, 6) is 0.976. The third kappa shape index (κ3) is 2.77. The Hall–Kier alpha value is -1.45. The van der Waals surface area contributed by atoms with E-state index in [4.69, 9.17) is 4.74 Å². The maximum Gasteiger partial charge on any atom is 0.131 e. The average molecular weight is 279 g/mol. The van der Waals surface area contributed by atoms with Crippen LogP contribution in [0.15, 0.2) is 47.9 Å². The molecule has 0 unspecified atom stereocenters. The van der Waals surface area contributed by atoms with Crippen molar-refractivity contribution in [1.82, 2.24) is 9.80 Å². The molecule has 0 bridgehead atoms. The van der Waals surface area contributed by atoms with Gasteiger partial charge in [-0.1, -0.05) is 24.3 Å². The van der Waals surface area contributed by atoms with Crippen molar-refractivity contribution in [1.29, 1.82) is 0 Å². The Bertz CT molecular complexity index is 523. The van der Waals surface area contributed by atoms with Crippen LogP contribution in [-0.2, 0) is 6.54 Å². The van der Waals surface area contributed by atoms with E-state index in [0.29, 0.717) is 0 Å².